The van der Waals surface area contributed by atoms with E-state index in [4.69, 9.17) is 9.31 Å². The molecule has 0 saturated carbocycles. The number of likely N-dealkylation sites (N-methyl/N-ethyl adjacent to an activating group) is 1. The first-order valence-corrected chi connectivity index (χ1v) is 8.75. The molecule has 3 rings (SSSR count). The number of benzene rings is 1. The summed E-state index contributed by atoms with van der Waals surface area (Å²) in [6.45, 7) is 9.09. The van der Waals surface area contributed by atoms with Crippen molar-refractivity contribution < 1.29 is 18.5 Å². The van der Waals surface area contributed by atoms with Gasteiger partial charge in [-0.3, -0.25) is 4.79 Å². The standard InChI is InChI=1S/C18H26BFN2O3/c1-17(2)18(3,4)25-19(24-17)13-8-12(9-14(20)10-13)16(23)22-7-6-15(11-22)21-5/h8-10,15,21H,6-7,11H2,1-5H3/t15-/m1/s1. The van der Waals surface area contributed by atoms with Gasteiger partial charge in [0.1, 0.15) is 5.82 Å². The Kier molecular flexibility index (Phi) is 4.68. The van der Waals surface area contributed by atoms with Crippen molar-refractivity contribution in [3.05, 3.63) is 29.6 Å². The van der Waals surface area contributed by atoms with Crippen LogP contribution in [0.5, 0.6) is 0 Å². The molecule has 0 aromatic heterocycles. The van der Waals surface area contributed by atoms with Gasteiger partial charge in [-0.05, 0) is 64.8 Å². The molecule has 2 heterocycles. The molecule has 7 heteroatoms. The second-order valence-corrected chi connectivity index (χ2v) is 7.89. The lowest BCUT2D eigenvalue weighted by Gasteiger charge is -2.32. The molecule has 0 radical (unpaired) electrons. The number of likely N-dealkylation sites (tertiary alicyclic amines) is 1. The SMILES string of the molecule is CN[C@@H]1CCN(C(=O)c2cc(F)cc(B3OC(C)(C)C(C)(C)O3)c2)C1. The molecule has 0 unspecified atom stereocenters. The van der Waals surface area contributed by atoms with Crippen LogP contribution in [0.3, 0.4) is 0 Å². The number of nitrogens with one attached hydrogen (secondary N) is 1. The first-order valence-electron chi connectivity index (χ1n) is 8.75. The van der Waals surface area contributed by atoms with Gasteiger partial charge in [-0.15, -0.1) is 0 Å². The number of carbonyl (C=O) groups excluding carboxylic acids is 1. The van der Waals surface area contributed by atoms with Gasteiger partial charge in [0, 0.05) is 24.7 Å². The Balaban J connectivity index is 1.83. The van der Waals surface area contributed by atoms with E-state index in [9.17, 15) is 9.18 Å². The Morgan fingerprint density at radius 3 is 2.44 bits per heavy atom. The van der Waals surface area contributed by atoms with Crippen LogP contribution in [-0.4, -0.2) is 55.3 Å². The summed E-state index contributed by atoms with van der Waals surface area (Å²) >= 11 is 0. The van der Waals surface area contributed by atoms with E-state index in [0.717, 1.165) is 6.42 Å². The summed E-state index contributed by atoms with van der Waals surface area (Å²) in [4.78, 5) is 14.5. The molecule has 5 nitrogen and oxygen atoms in total. The third kappa shape index (κ3) is 3.45. The Bertz CT molecular complexity index is 664. The molecule has 1 amide bonds. The molecule has 25 heavy (non-hydrogen) atoms. The van der Waals surface area contributed by atoms with Crippen molar-refractivity contribution in [1.82, 2.24) is 10.2 Å². The quantitative estimate of drug-likeness (QED) is 0.843. The molecular weight excluding hydrogens is 322 g/mol. The summed E-state index contributed by atoms with van der Waals surface area (Å²) in [6.07, 6.45) is 0.904. The minimum absolute atomic E-state index is 0.157. The Morgan fingerprint density at radius 2 is 1.88 bits per heavy atom. The van der Waals surface area contributed by atoms with Crippen LogP contribution in [-0.2, 0) is 9.31 Å². The summed E-state index contributed by atoms with van der Waals surface area (Å²) in [5, 5.41) is 3.18. The van der Waals surface area contributed by atoms with E-state index < -0.39 is 24.1 Å². The molecule has 0 spiro atoms. The number of halogens is 1. The molecule has 2 fully saturated rings. The number of carbonyl (C=O) groups is 1. The van der Waals surface area contributed by atoms with Crippen LogP contribution in [0.4, 0.5) is 4.39 Å². The largest absolute Gasteiger partial charge is 0.494 e. The van der Waals surface area contributed by atoms with Crippen LogP contribution in [0.15, 0.2) is 18.2 Å². The van der Waals surface area contributed by atoms with E-state index in [1.807, 2.05) is 34.7 Å². The summed E-state index contributed by atoms with van der Waals surface area (Å²) in [6, 6.07) is 4.63. The molecule has 2 aliphatic rings. The first-order chi connectivity index (χ1) is 11.6. The molecule has 0 bridgehead atoms. The van der Waals surface area contributed by atoms with E-state index in [1.54, 1.807) is 11.0 Å². The van der Waals surface area contributed by atoms with Gasteiger partial charge in [-0.25, -0.2) is 4.39 Å². The van der Waals surface area contributed by atoms with E-state index in [2.05, 4.69) is 5.32 Å². The van der Waals surface area contributed by atoms with Gasteiger partial charge < -0.3 is 19.5 Å². The van der Waals surface area contributed by atoms with Gasteiger partial charge in [-0.1, -0.05) is 0 Å². The van der Waals surface area contributed by atoms with Gasteiger partial charge in [0.05, 0.1) is 11.2 Å². The second kappa shape index (κ2) is 6.38. The number of hydrogen-bond acceptors (Lipinski definition) is 4. The lowest BCUT2D eigenvalue weighted by atomic mass is 9.78. The highest BCUT2D eigenvalue weighted by molar-refractivity contribution is 6.62. The van der Waals surface area contributed by atoms with Crippen molar-refractivity contribution >= 4 is 18.5 Å². The summed E-state index contributed by atoms with van der Waals surface area (Å²) < 4.78 is 26.1. The molecule has 1 aromatic carbocycles. The maximum Gasteiger partial charge on any atom is 0.494 e. The fourth-order valence-corrected chi connectivity index (χ4v) is 3.21. The van der Waals surface area contributed by atoms with Crippen molar-refractivity contribution in [1.29, 1.82) is 0 Å². The second-order valence-electron chi connectivity index (χ2n) is 7.89. The molecule has 1 atom stereocenters. The van der Waals surface area contributed by atoms with Gasteiger partial charge >= 0.3 is 7.12 Å². The Labute approximate surface area is 149 Å². The van der Waals surface area contributed by atoms with Crippen LogP contribution in [0.2, 0.25) is 0 Å². The smallest absolute Gasteiger partial charge is 0.399 e. The summed E-state index contributed by atoms with van der Waals surface area (Å²) in [5.74, 6) is -0.616. The molecule has 2 aliphatic heterocycles. The van der Waals surface area contributed by atoms with Crippen LogP contribution in [0, 0.1) is 5.82 Å². The number of amides is 1. The zero-order valence-electron chi connectivity index (χ0n) is 15.6. The zero-order valence-corrected chi connectivity index (χ0v) is 15.6. The fourth-order valence-electron chi connectivity index (χ4n) is 3.21. The maximum atomic E-state index is 14.2. The summed E-state index contributed by atoms with van der Waals surface area (Å²) in [7, 11) is 1.20. The van der Waals surface area contributed by atoms with Gasteiger partial charge in [0.2, 0.25) is 0 Å². The zero-order chi connectivity index (χ0) is 18.4. The maximum absolute atomic E-state index is 14.2. The van der Waals surface area contributed by atoms with Crippen LogP contribution in [0.1, 0.15) is 44.5 Å². The predicted molar refractivity (Wildman–Crippen MR) is 95.5 cm³/mol. The fraction of sp³-hybridized carbons (Fsp3) is 0.611. The third-order valence-electron chi connectivity index (χ3n) is 5.58. The average Bonchev–Trinajstić information content (AvgIpc) is 3.08. The Hall–Kier alpha value is -1.44. The normalized spacial score (nSPS) is 24.8. The number of rotatable bonds is 3. The lowest BCUT2D eigenvalue weighted by Crippen LogP contribution is -2.41. The highest BCUT2D eigenvalue weighted by Crippen LogP contribution is 2.36. The van der Waals surface area contributed by atoms with Gasteiger partial charge in [0.15, 0.2) is 0 Å². The monoisotopic (exact) mass is 348 g/mol. The van der Waals surface area contributed by atoms with Crippen molar-refractivity contribution in [2.24, 2.45) is 0 Å². The minimum atomic E-state index is -0.684. The van der Waals surface area contributed by atoms with Crippen molar-refractivity contribution in [3.8, 4) is 0 Å². The average molecular weight is 348 g/mol. The van der Waals surface area contributed by atoms with Gasteiger partial charge in [-0.2, -0.15) is 0 Å². The molecular formula is C18H26BFN2O3. The molecule has 1 N–H and O–H groups in total. The van der Waals surface area contributed by atoms with E-state index in [-0.39, 0.29) is 5.91 Å². The van der Waals surface area contributed by atoms with E-state index >= 15 is 0 Å². The van der Waals surface area contributed by atoms with Crippen molar-refractivity contribution in [2.75, 3.05) is 20.1 Å². The number of hydrogen-bond donors (Lipinski definition) is 1. The summed E-state index contributed by atoms with van der Waals surface area (Å²) in [5.41, 5.74) is -0.153. The highest BCUT2D eigenvalue weighted by Gasteiger charge is 2.51. The molecule has 136 valence electrons. The van der Waals surface area contributed by atoms with Crippen molar-refractivity contribution in [2.45, 2.75) is 51.4 Å². The molecule has 0 aliphatic carbocycles. The molecule has 1 aromatic rings. The minimum Gasteiger partial charge on any atom is -0.399 e. The van der Waals surface area contributed by atoms with E-state index in [1.165, 1.54) is 12.1 Å². The number of nitrogens with zero attached hydrogens (tertiary/aromatic N) is 1. The van der Waals surface area contributed by atoms with Gasteiger partial charge in [0.25, 0.3) is 5.91 Å². The topological polar surface area (TPSA) is 50.8 Å². The third-order valence-corrected chi connectivity index (χ3v) is 5.58. The van der Waals surface area contributed by atoms with Crippen LogP contribution < -0.4 is 10.8 Å². The lowest BCUT2D eigenvalue weighted by molar-refractivity contribution is 0.00578. The van der Waals surface area contributed by atoms with Crippen LogP contribution in [0.25, 0.3) is 0 Å². The first kappa shape index (κ1) is 18.4. The van der Waals surface area contributed by atoms with Crippen LogP contribution >= 0.6 is 0 Å². The highest BCUT2D eigenvalue weighted by atomic mass is 19.1. The Morgan fingerprint density at radius 1 is 1.24 bits per heavy atom. The van der Waals surface area contributed by atoms with Crippen molar-refractivity contribution in [3.63, 3.8) is 0 Å². The predicted octanol–water partition coefficient (Wildman–Crippen LogP) is 1.56. The van der Waals surface area contributed by atoms with E-state index in [0.29, 0.717) is 30.2 Å². The molecule has 2 saturated heterocycles.